The molecular formula is C46H97N2O7P. The first-order chi connectivity index (χ1) is 27.2. The molecule has 0 aromatic heterocycles. The molecule has 3 N–H and O–H groups in total. The quantitative estimate of drug-likeness (QED) is 0.0408. The van der Waals surface area contributed by atoms with Gasteiger partial charge in [-0.25, -0.2) is 4.57 Å². The summed E-state index contributed by atoms with van der Waals surface area (Å²) in [6.45, 7) is 15.1. The second-order valence-corrected chi connectivity index (χ2v) is 18.3. The van der Waals surface area contributed by atoms with Gasteiger partial charge in [-0.3, -0.25) is 18.5 Å². The van der Waals surface area contributed by atoms with E-state index < -0.39 is 26.1 Å². The molecule has 0 saturated carbocycles. The van der Waals surface area contributed by atoms with E-state index >= 15 is 0 Å². The molecule has 0 aromatic rings. The van der Waals surface area contributed by atoms with E-state index in [9.17, 15) is 19.9 Å². The summed E-state index contributed by atoms with van der Waals surface area (Å²) in [6, 6.07) is 0. The van der Waals surface area contributed by atoms with Crippen LogP contribution in [0.25, 0.3) is 0 Å². The predicted octanol–water partition coefficient (Wildman–Crippen LogP) is 12.2. The molecule has 3 unspecified atom stereocenters. The molecule has 0 fully saturated rings. The molecule has 0 radical (unpaired) electrons. The average Bonchev–Trinajstić information content (AvgIpc) is 3.16. The monoisotopic (exact) mass is 821 g/mol. The van der Waals surface area contributed by atoms with E-state index in [1.165, 1.54) is 135 Å². The van der Waals surface area contributed by atoms with Gasteiger partial charge in [-0.15, -0.1) is 0 Å². The fraction of sp³-hybridized carbons (Fsp3) is 1.00. The van der Waals surface area contributed by atoms with Gasteiger partial charge in [-0.2, -0.15) is 0 Å². The van der Waals surface area contributed by atoms with E-state index in [0.29, 0.717) is 32.6 Å². The number of aliphatic hydroxyl groups is 3. The Balaban J connectivity index is 5.22. The predicted molar refractivity (Wildman–Crippen MR) is 239 cm³/mol. The molecular weight excluding hydrogens is 723 g/mol. The molecule has 56 heavy (non-hydrogen) atoms. The number of phosphoric ester groups is 1. The minimum absolute atomic E-state index is 0.254. The second-order valence-electron chi connectivity index (χ2n) is 16.6. The molecule has 0 saturated heterocycles. The fourth-order valence-corrected chi connectivity index (χ4v) is 8.88. The lowest BCUT2D eigenvalue weighted by molar-refractivity contribution is 0.0553. The van der Waals surface area contributed by atoms with Gasteiger partial charge in [0.1, 0.15) is 0 Å². The molecule has 0 rings (SSSR count). The van der Waals surface area contributed by atoms with E-state index in [-0.39, 0.29) is 19.8 Å². The Bertz CT molecular complexity index is 803. The molecule has 3 atom stereocenters. The van der Waals surface area contributed by atoms with Crippen LogP contribution < -0.4 is 0 Å². The van der Waals surface area contributed by atoms with Gasteiger partial charge in [-0.05, 0) is 59.0 Å². The summed E-state index contributed by atoms with van der Waals surface area (Å²) in [5.74, 6) is 0. The molecule has 0 heterocycles. The van der Waals surface area contributed by atoms with Crippen LogP contribution in [0.5, 0.6) is 0 Å². The van der Waals surface area contributed by atoms with Crippen LogP contribution in [0.4, 0.5) is 0 Å². The SMILES string of the molecule is CCCCCCCCCCC(O)CN(CCCOP(=O)(OCC)OCC)CCCN(CC(O)CCCCCCCCCC)CC(O)CCCCCCCCCC. The summed E-state index contributed by atoms with van der Waals surface area (Å²) in [4.78, 5) is 4.58. The normalized spacial score (nSPS) is 14.0. The Morgan fingerprint density at radius 1 is 0.393 bits per heavy atom. The first kappa shape index (κ1) is 55.9. The second kappa shape index (κ2) is 41.6. The van der Waals surface area contributed by atoms with E-state index in [4.69, 9.17) is 13.6 Å². The van der Waals surface area contributed by atoms with Crippen LogP contribution >= 0.6 is 7.82 Å². The first-order valence-electron chi connectivity index (χ1n) is 24.3. The highest BCUT2D eigenvalue weighted by Gasteiger charge is 2.25. The van der Waals surface area contributed by atoms with Crippen molar-refractivity contribution in [3.8, 4) is 0 Å². The molecule has 0 aliphatic carbocycles. The highest BCUT2D eigenvalue weighted by molar-refractivity contribution is 7.48. The van der Waals surface area contributed by atoms with Crippen LogP contribution in [0, 0.1) is 0 Å². The number of phosphoric acid groups is 1. The van der Waals surface area contributed by atoms with Crippen LogP contribution in [0.15, 0.2) is 0 Å². The van der Waals surface area contributed by atoms with Crippen LogP contribution in [0.1, 0.15) is 221 Å². The molecule has 0 aromatic carbocycles. The maximum absolute atomic E-state index is 12.8. The van der Waals surface area contributed by atoms with Crippen molar-refractivity contribution in [2.24, 2.45) is 0 Å². The van der Waals surface area contributed by atoms with Crippen molar-refractivity contribution in [2.75, 3.05) is 59.1 Å². The Morgan fingerprint density at radius 2 is 0.696 bits per heavy atom. The molecule has 0 aliphatic rings. The van der Waals surface area contributed by atoms with Crippen molar-refractivity contribution in [1.29, 1.82) is 0 Å². The Kier molecular flexibility index (Phi) is 41.6. The molecule has 10 heteroatoms. The van der Waals surface area contributed by atoms with E-state index in [1.54, 1.807) is 13.8 Å². The standard InChI is InChI=1S/C46H97N2O7P/c1-6-11-14-17-20-23-26-29-34-44(49)41-47(39-33-40-55-56(52,53-9-4)54-10-5)37-32-38-48(42-45(50)35-30-27-24-21-18-15-12-7-2)43-46(51)36-31-28-25-22-19-16-13-8-3/h44-46,49-51H,6-43H2,1-5H3. The zero-order valence-corrected chi connectivity index (χ0v) is 38.8. The molecule has 9 nitrogen and oxygen atoms in total. The summed E-state index contributed by atoms with van der Waals surface area (Å²) in [7, 11) is -3.56. The summed E-state index contributed by atoms with van der Waals surface area (Å²) < 4.78 is 29.1. The molecule has 0 amide bonds. The van der Waals surface area contributed by atoms with Gasteiger partial charge < -0.3 is 20.2 Å². The van der Waals surface area contributed by atoms with Gasteiger partial charge in [0.2, 0.25) is 0 Å². The zero-order chi connectivity index (χ0) is 41.4. The van der Waals surface area contributed by atoms with E-state index in [2.05, 4.69) is 30.6 Å². The third kappa shape index (κ3) is 36.9. The van der Waals surface area contributed by atoms with Gasteiger partial charge in [0, 0.05) is 26.2 Å². The number of unbranched alkanes of at least 4 members (excludes halogenated alkanes) is 21. The number of nitrogens with zero attached hydrogens (tertiary/aromatic N) is 2. The topological polar surface area (TPSA) is 112 Å². The number of hydrogen-bond donors (Lipinski definition) is 3. The highest BCUT2D eigenvalue weighted by Crippen LogP contribution is 2.49. The minimum Gasteiger partial charge on any atom is -0.392 e. The van der Waals surface area contributed by atoms with Crippen molar-refractivity contribution in [3.05, 3.63) is 0 Å². The van der Waals surface area contributed by atoms with Crippen molar-refractivity contribution < 1.29 is 33.5 Å². The van der Waals surface area contributed by atoms with Gasteiger partial charge in [0.25, 0.3) is 0 Å². The lowest BCUT2D eigenvalue weighted by Crippen LogP contribution is -2.40. The maximum Gasteiger partial charge on any atom is 0.474 e. The first-order valence-corrected chi connectivity index (χ1v) is 25.7. The van der Waals surface area contributed by atoms with Gasteiger partial charge in [-0.1, -0.05) is 175 Å². The highest BCUT2D eigenvalue weighted by atomic mass is 31.2. The zero-order valence-electron chi connectivity index (χ0n) is 37.9. The van der Waals surface area contributed by atoms with Crippen molar-refractivity contribution in [2.45, 2.75) is 239 Å². The van der Waals surface area contributed by atoms with Gasteiger partial charge in [0.15, 0.2) is 0 Å². The lowest BCUT2D eigenvalue weighted by Gasteiger charge is -2.30. The van der Waals surface area contributed by atoms with Crippen LogP contribution in [0.2, 0.25) is 0 Å². The van der Waals surface area contributed by atoms with Crippen LogP contribution in [-0.2, 0) is 18.1 Å². The molecule has 0 spiro atoms. The Labute approximate surface area is 348 Å². The summed E-state index contributed by atoms with van der Waals surface area (Å²) >= 11 is 0. The van der Waals surface area contributed by atoms with Crippen LogP contribution in [-0.4, -0.2) is 103 Å². The molecule has 338 valence electrons. The summed E-state index contributed by atoms with van der Waals surface area (Å²) in [6.07, 6.45) is 32.8. The Morgan fingerprint density at radius 3 is 1.05 bits per heavy atom. The van der Waals surface area contributed by atoms with Crippen molar-refractivity contribution in [1.82, 2.24) is 9.80 Å². The van der Waals surface area contributed by atoms with Gasteiger partial charge >= 0.3 is 7.82 Å². The third-order valence-electron chi connectivity index (χ3n) is 11.0. The number of hydrogen-bond acceptors (Lipinski definition) is 9. The maximum atomic E-state index is 12.8. The van der Waals surface area contributed by atoms with Crippen molar-refractivity contribution >= 4 is 7.82 Å². The summed E-state index contributed by atoms with van der Waals surface area (Å²) in [5, 5.41) is 33.3. The van der Waals surface area contributed by atoms with E-state index in [0.717, 1.165) is 58.0 Å². The average molecular weight is 821 g/mol. The van der Waals surface area contributed by atoms with E-state index in [1.807, 2.05) is 0 Å². The number of aliphatic hydroxyl groups excluding tert-OH is 3. The largest absolute Gasteiger partial charge is 0.474 e. The molecule has 0 bridgehead atoms. The summed E-state index contributed by atoms with van der Waals surface area (Å²) in [5.41, 5.74) is 0. The molecule has 0 aliphatic heterocycles. The lowest BCUT2D eigenvalue weighted by atomic mass is 10.0. The fourth-order valence-electron chi connectivity index (χ4n) is 7.67. The smallest absolute Gasteiger partial charge is 0.392 e. The Hall–Kier alpha value is -0.0900. The van der Waals surface area contributed by atoms with Gasteiger partial charge in [0.05, 0.1) is 38.1 Å². The third-order valence-corrected chi connectivity index (χ3v) is 12.6. The minimum atomic E-state index is -3.56. The van der Waals surface area contributed by atoms with Crippen molar-refractivity contribution in [3.63, 3.8) is 0 Å². The van der Waals surface area contributed by atoms with Crippen LogP contribution in [0.3, 0.4) is 0 Å². The number of rotatable bonds is 46.